The van der Waals surface area contributed by atoms with E-state index in [0.29, 0.717) is 18.0 Å². The van der Waals surface area contributed by atoms with Crippen LogP contribution in [-0.4, -0.2) is 50.3 Å². The molecule has 3 heteroatoms. The molecule has 0 fully saturated rings. The summed E-state index contributed by atoms with van der Waals surface area (Å²) in [6.07, 6.45) is 0. The highest BCUT2D eigenvalue weighted by atomic mass is 16.5. The van der Waals surface area contributed by atoms with E-state index >= 15 is 0 Å². The molecular weight excluding hydrogens is 200 g/mol. The second kappa shape index (κ2) is 8.97. The lowest BCUT2D eigenvalue weighted by Crippen LogP contribution is -2.42. The Morgan fingerprint density at radius 3 is 2.25 bits per heavy atom. The van der Waals surface area contributed by atoms with Crippen LogP contribution >= 0.6 is 0 Å². The van der Waals surface area contributed by atoms with Gasteiger partial charge in [-0.2, -0.15) is 0 Å². The number of hydrogen-bond donors (Lipinski definition) is 1. The van der Waals surface area contributed by atoms with Crippen molar-refractivity contribution in [2.45, 2.75) is 46.7 Å². The molecule has 0 aliphatic carbocycles. The number of ether oxygens (including phenoxy) is 1. The van der Waals surface area contributed by atoms with Gasteiger partial charge in [0.15, 0.2) is 0 Å². The Morgan fingerprint density at radius 1 is 1.19 bits per heavy atom. The molecule has 0 aromatic carbocycles. The van der Waals surface area contributed by atoms with Crippen molar-refractivity contribution >= 4 is 0 Å². The summed E-state index contributed by atoms with van der Waals surface area (Å²) in [5.74, 6) is 0.700. The number of nitrogens with zero attached hydrogens (tertiary/aromatic N) is 1. The molecular formula is C13H30N2O. The van der Waals surface area contributed by atoms with Crippen LogP contribution in [0, 0.1) is 5.92 Å². The highest BCUT2D eigenvalue weighted by Crippen LogP contribution is 2.01. The minimum absolute atomic E-state index is 0.506. The molecule has 0 saturated heterocycles. The van der Waals surface area contributed by atoms with Crippen molar-refractivity contribution in [3.8, 4) is 0 Å². The van der Waals surface area contributed by atoms with E-state index in [-0.39, 0.29) is 0 Å². The molecule has 0 amide bonds. The van der Waals surface area contributed by atoms with Crippen LogP contribution in [0.15, 0.2) is 0 Å². The van der Waals surface area contributed by atoms with Crippen LogP contribution in [-0.2, 0) is 4.74 Å². The highest BCUT2D eigenvalue weighted by Gasteiger charge is 2.12. The summed E-state index contributed by atoms with van der Waals surface area (Å²) in [4.78, 5) is 2.45. The molecule has 0 aliphatic rings. The van der Waals surface area contributed by atoms with E-state index in [9.17, 15) is 0 Å². The Labute approximate surface area is 102 Å². The number of nitrogens with one attached hydrogen (secondary N) is 1. The topological polar surface area (TPSA) is 24.5 Å². The first-order chi connectivity index (χ1) is 7.52. The van der Waals surface area contributed by atoms with Gasteiger partial charge >= 0.3 is 0 Å². The Kier molecular flexibility index (Phi) is 8.90. The first kappa shape index (κ1) is 15.9. The van der Waals surface area contributed by atoms with E-state index in [1.807, 2.05) is 0 Å². The largest absolute Gasteiger partial charge is 0.383 e. The van der Waals surface area contributed by atoms with Crippen LogP contribution in [0.25, 0.3) is 0 Å². The number of hydrogen-bond acceptors (Lipinski definition) is 3. The Balaban J connectivity index is 3.78. The second-order valence-corrected chi connectivity index (χ2v) is 4.92. The fourth-order valence-electron chi connectivity index (χ4n) is 1.71. The molecule has 0 aliphatic heterocycles. The average Bonchev–Trinajstić information content (AvgIpc) is 2.24. The van der Waals surface area contributed by atoms with Crippen molar-refractivity contribution in [3.63, 3.8) is 0 Å². The molecule has 0 aromatic heterocycles. The molecule has 3 nitrogen and oxygen atoms in total. The zero-order chi connectivity index (χ0) is 12.6. The maximum Gasteiger partial charge on any atom is 0.0615 e. The maximum absolute atomic E-state index is 5.19. The number of rotatable bonds is 9. The van der Waals surface area contributed by atoms with E-state index in [1.54, 1.807) is 7.11 Å². The molecule has 0 rings (SSSR count). The van der Waals surface area contributed by atoms with E-state index < -0.39 is 0 Å². The lowest BCUT2D eigenvalue weighted by molar-refractivity contribution is 0.102. The Hall–Kier alpha value is -0.120. The van der Waals surface area contributed by atoms with Gasteiger partial charge in [-0.05, 0) is 26.3 Å². The predicted molar refractivity (Wildman–Crippen MR) is 70.9 cm³/mol. The van der Waals surface area contributed by atoms with E-state index in [0.717, 1.165) is 26.2 Å². The van der Waals surface area contributed by atoms with Gasteiger partial charge < -0.3 is 10.1 Å². The van der Waals surface area contributed by atoms with E-state index in [1.165, 1.54) is 0 Å². The van der Waals surface area contributed by atoms with Gasteiger partial charge in [0.2, 0.25) is 0 Å². The lowest BCUT2D eigenvalue weighted by atomic mass is 10.1. The third-order valence-corrected chi connectivity index (χ3v) is 3.30. The maximum atomic E-state index is 5.19. The first-order valence-electron chi connectivity index (χ1n) is 6.49. The van der Waals surface area contributed by atoms with E-state index in [2.05, 4.69) is 44.8 Å². The van der Waals surface area contributed by atoms with Gasteiger partial charge in [-0.1, -0.05) is 20.8 Å². The monoisotopic (exact) mass is 230 g/mol. The minimum Gasteiger partial charge on any atom is -0.383 e. The molecule has 16 heavy (non-hydrogen) atoms. The van der Waals surface area contributed by atoms with Crippen molar-refractivity contribution in [1.82, 2.24) is 10.2 Å². The van der Waals surface area contributed by atoms with Gasteiger partial charge in [-0.3, -0.25) is 4.90 Å². The highest BCUT2D eigenvalue weighted by molar-refractivity contribution is 4.69. The minimum atomic E-state index is 0.506. The fraction of sp³-hybridized carbons (Fsp3) is 1.00. The van der Waals surface area contributed by atoms with Gasteiger partial charge in [-0.25, -0.2) is 0 Å². The van der Waals surface area contributed by atoms with Gasteiger partial charge in [0.1, 0.15) is 0 Å². The lowest BCUT2D eigenvalue weighted by Gasteiger charge is -2.28. The summed E-state index contributed by atoms with van der Waals surface area (Å²) in [6, 6.07) is 1.10. The molecule has 0 bridgehead atoms. The Bertz CT molecular complexity index is 162. The normalized spacial score (nSPS) is 15.8. The fourth-order valence-corrected chi connectivity index (χ4v) is 1.71. The quantitative estimate of drug-likeness (QED) is 0.655. The molecule has 2 atom stereocenters. The summed E-state index contributed by atoms with van der Waals surface area (Å²) in [6.45, 7) is 15.2. The van der Waals surface area contributed by atoms with Crippen molar-refractivity contribution in [2.75, 3.05) is 33.4 Å². The predicted octanol–water partition coefficient (Wildman–Crippen LogP) is 1.98. The summed E-state index contributed by atoms with van der Waals surface area (Å²) in [5.41, 5.74) is 0. The summed E-state index contributed by atoms with van der Waals surface area (Å²) in [5, 5.41) is 3.56. The van der Waals surface area contributed by atoms with Gasteiger partial charge in [0.25, 0.3) is 0 Å². The molecule has 2 unspecified atom stereocenters. The number of methoxy groups -OCH3 is 1. The second-order valence-electron chi connectivity index (χ2n) is 4.92. The zero-order valence-corrected chi connectivity index (χ0v) is 11.9. The van der Waals surface area contributed by atoms with Crippen LogP contribution in [0.3, 0.4) is 0 Å². The summed E-state index contributed by atoms with van der Waals surface area (Å²) in [7, 11) is 1.77. The molecule has 0 radical (unpaired) electrons. The van der Waals surface area contributed by atoms with Gasteiger partial charge in [0.05, 0.1) is 6.61 Å². The first-order valence-corrected chi connectivity index (χ1v) is 6.49. The third-order valence-electron chi connectivity index (χ3n) is 3.30. The molecule has 98 valence electrons. The van der Waals surface area contributed by atoms with Crippen LogP contribution in [0.1, 0.15) is 34.6 Å². The van der Waals surface area contributed by atoms with Gasteiger partial charge in [0, 0.05) is 32.3 Å². The molecule has 0 aromatic rings. The Morgan fingerprint density at radius 2 is 1.81 bits per heavy atom. The number of likely N-dealkylation sites (N-methyl/N-ethyl adjacent to an activating group) is 1. The molecule has 1 N–H and O–H groups in total. The van der Waals surface area contributed by atoms with Crippen LogP contribution in [0.5, 0.6) is 0 Å². The molecule has 0 spiro atoms. The average molecular weight is 230 g/mol. The molecule has 0 saturated carbocycles. The summed E-state index contributed by atoms with van der Waals surface area (Å²) >= 11 is 0. The van der Waals surface area contributed by atoms with Crippen LogP contribution in [0.4, 0.5) is 0 Å². The zero-order valence-electron chi connectivity index (χ0n) is 11.9. The third kappa shape index (κ3) is 6.46. The van der Waals surface area contributed by atoms with Crippen molar-refractivity contribution in [3.05, 3.63) is 0 Å². The van der Waals surface area contributed by atoms with E-state index in [4.69, 9.17) is 4.74 Å². The smallest absolute Gasteiger partial charge is 0.0615 e. The van der Waals surface area contributed by atoms with Gasteiger partial charge in [-0.15, -0.1) is 0 Å². The van der Waals surface area contributed by atoms with Crippen molar-refractivity contribution < 1.29 is 4.74 Å². The van der Waals surface area contributed by atoms with Crippen LogP contribution in [0.2, 0.25) is 0 Å². The van der Waals surface area contributed by atoms with Crippen LogP contribution < -0.4 is 5.32 Å². The molecule has 0 heterocycles. The summed E-state index contributed by atoms with van der Waals surface area (Å²) < 4.78 is 5.19. The SMILES string of the molecule is CCN(CCNC(C)C(C)C)C(C)COC. The van der Waals surface area contributed by atoms with Crippen molar-refractivity contribution in [2.24, 2.45) is 5.92 Å². The van der Waals surface area contributed by atoms with Crippen molar-refractivity contribution in [1.29, 1.82) is 0 Å². The standard InChI is InChI=1S/C13H30N2O/c1-7-15(12(4)10-16-6)9-8-14-13(5)11(2)3/h11-14H,7-10H2,1-6H3.